The van der Waals surface area contributed by atoms with Gasteiger partial charge in [0.25, 0.3) is 5.91 Å². The van der Waals surface area contributed by atoms with Crippen LogP contribution < -0.4 is 9.64 Å². The fraction of sp³-hybridized carbons (Fsp3) is 0.440. The van der Waals surface area contributed by atoms with E-state index in [4.69, 9.17) is 4.74 Å². The molecule has 2 fully saturated rings. The third-order valence-corrected chi connectivity index (χ3v) is 7.11. The number of amides is 2. The Morgan fingerprint density at radius 1 is 0.906 bits per heavy atom. The number of carbonyl (C=O) groups is 2. The molecule has 2 aromatic rings. The number of likely N-dealkylation sites (tertiary alicyclic amines) is 1. The van der Waals surface area contributed by atoms with Crippen LogP contribution in [0, 0.1) is 0 Å². The van der Waals surface area contributed by atoms with Crippen molar-refractivity contribution in [3.05, 3.63) is 60.2 Å². The third-order valence-electron chi connectivity index (χ3n) is 7.11. The van der Waals surface area contributed by atoms with Gasteiger partial charge in [0.15, 0.2) is 6.73 Å². The first-order valence-electron chi connectivity index (χ1n) is 11.5. The van der Waals surface area contributed by atoms with Gasteiger partial charge in [-0.15, -0.1) is 0 Å². The Kier molecular flexibility index (Phi) is 5.51. The molecule has 1 spiro atoms. The molecule has 168 valence electrons. The predicted molar refractivity (Wildman–Crippen MR) is 123 cm³/mol. The molecule has 0 bridgehead atoms. The van der Waals surface area contributed by atoms with Gasteiger partial charge < -0.3 is 24.3 Å². The molecule has 0 unspecified atom stereocenters. The maximum atomic E-state index is 13.4. The fourth-order valence-corrected chi connectivity index (χ4v) is 5.16. The van der Waals surface area contributed by atoms with Crippen molar-refractivity contribution in [3.8, 4) is 5.75 Å². The van der Waals surface area contributed by atoms with Gasteiger partial charge in [-0.3, -0.25) is 9.59 Å². The van der Waals surface area contributed by atoms with Gasteiger partial charge in [0.05, 0.1) is 12.2 Å². The Bertz CT molecular complexity index is 988. The second kappa shape index (κ2) is 8.47. The lowest BCUT2D eigenvalue weighted by Crippen LogP contribution is -2.57. The van der Waals surface area contributed by atoms with Gasteiger partial charge in [-0.05, 0) is 44.0 Å². The van der Waals surface area contributed by atoms with Crippen LogP contribution in [0.1, 0.15) is 30.1 Å². The van der Waals surface area contributed by atoms with Crippen LogP contribution in [0.5, 0.6) is 5.75 Å². The number of piperidine rings is 1. The van der Waals surface area contributed by atoms with Crippen LogP contribution in [0.3, 0.4) is 0 Å². The van der Waals surface area contributed by atoms with Crippen molar-refractivity contribution in [2.75, 3.05) is 51.0 Å². The van der Waals surface area contributed by atoms with E-state index in [0.717, 1.165) is 44.7 Å². The highest BCUT2D eigenvalue weighted by molar-refractivity contribution is 5.97. The van der Waals surface area contributed by atoms with E-state index in [-0.39, 0.29) is 11.8 Å². The summed E-state index contributed by atoms with van der Waals surface area (Å²) in [5.74, 6) is 0.940. The summed E-state index contributed by atoms with van der Waals surface area (Å²) in [5.41, 5.74) is 1.28. The summed E-state index contributed by atoms with van der Waals surface area (Å²) >= 11 is 0. The second-order valence-electron chi connectivity index (χ2n) is 8.78. The minimum absolute atomic E-state index is 0.0279. The molecule has 0 saturated carbocycles. The minimum atomic E-state index is -0.461. The predicted octanol–water partition coefficient (Wildman–Crippen LogP) is 2.64. The summed E-state index contributed by atoms with van der Waals surface area (Å²) in [5, 5.41) is 0. The molecular weight excluding hydrogens is 404 g/mol. The lowest BCUT2D eigenvalue weighted by Gasteiger charge is -2.43. The summed E-state index contributed by atoms with van der Waals surface area (Å²) in [6, 6.07) is 17.7. The number of likely N-dealkylation sites (N-methyl/N-ethyl adjacent to an activating group) is 1. The Hall–Kier alpha value is -3.06. The Balaban J connectivity index is 1.23. The number of hydrogen-bond donors (Lipinski definition) is 0. The zero-order chi connectivity index (χ0) is 22.1. The van der Waals surface area contributed by atoms with Crippen LogP contribution in [0.25, 0.3) is 0 Å². The number of anilines is 1. The maximum Gasteiger partial charge on any atom is 0.260 e. The molecule has 0 N–H and O–H groups in total. The number of hydrogen-bond acceptors (Lipinski definition) is 5. The molecule has 0 radical (unpaired) electrons. The Morgan fingerprint density at radius 3 is 2.38 bits per heavy atom. The monoisotopic (exact) mass is 434 g/mol. The van der Waals surface area contributed by atoms with Gasteiger partial charge in [0.1, 0.15) is 11.3 Å². The largest absolute Gasteiger partial charge is 0.472 e. The summed E-state index contributed by atoms with van der Waals surface area (Å²) in [6.45, 7) is 6.80. The molecule has 32 heavy (non-hydrogen) atoms. The summed E-state index contributed by atoms with van der Waals surface area (Å²) in [6.07, 6.45) is 1.59. The highest BCUT2D eigenvalue weighted by Gasteiger charge is 2.53. The molecule has 3 aliphatic rings. The van der Waals surface area contributed by atoms with Gasteiger partial charge in [0.2, 0.25) is 5.91 Å². The van der Waals surface area contributed by atoms with Gasteiger partial charge in [0, 0.05) is 38.4 Å². The topological polar surface area (TPSA) is 56.3 Å². The van der Waals surface area contributed by atoms with E-state index in [1.165, 1.54) is 0 Å². The van der Waals surface area contributed by atoms with Crippen molar-refractivity contribution < 1.29 is 14.3 Å². The average molecular weight is 435 g/mol. The molecule has 7 nitrogen and oxygen atoms in total. The summed E-state index contributed by atoms with van der Waals surface area (Å²) in [7, 11) is 0. The van der Waals surface area contributed by atoms with Crippen LogP contribution in [-0.2, 0) is 4.79 Å². The average Bonchev–Trinajstić information content (AvgIpc) is 3.11. The quantitative estimate of drug-likeness (QED) is 0.724. The highest BCUT2D eigenvalue weighted by atomic mass is 16.5. The molecule has 3 heterocycles. The first kappa shape index (κ1) is 20.8. The van der Waals surface area contributed by atoms with Crippen LogP contribution in [-0.4, -0.2) is 78.2 Å². The van der Waals surface area contributed by atoms with E-state index in [9.17, 15) is 9.59 Å². The molecule has 2 aromatic carbocycles. The van der Waals surface area contributed by atoms with Gasteiger partial charge >= 0.3 is 0 Å². The van der Waals surface area contributed by atoms with E-state index in [1.807, 2.05) is 54.3 Å². The Morgan fingerprint density at radius 2 is 1.62 bits per heavy atom. The van der Waals surface area contributed by atoms with Gasteiger partial charge in [-0.2, -0.15) is 0 Å². The molecule has 0 atom stereocenters. The molecule has 0 aliphatic carbocycles. The van der Waals surface area contributed by atoms with Gasteiger partial charge in [-0.1, -0.05) is 30.3 Å². The smallest absolute Gasteiger partial charge is 0.260 e. The van der Waals surface area contributed by atoms with Gasteiger partial charge in [-0.25, -0.2) is 0 Å². The Labute approximate surface area is 189 Å². The molecular formula is C25H30N4O3. The number of rotatable bonds is 5. The number of para-hydroxylation sites is 2. The first-order valence-corrected chi connectivity index (χ1v) is 11.5. The van der Waals surface area contributed by atoms with Crippen molar-refractivity contribution in [2.45, 2.75) is 25.3 Å². The first-order chi connectivity index (χ1) is 15.6. The van der Waals surface area contributed by atoms with Crippen molar-refractivity contribution >= 4 is 17.5 Å². The van der Waals surface area contributed by atoms with E-state index < -0.39 is 5.54 Å². The van der Waals surface area contributed by atoms with E-state index in [2.05, 4.69) is 21.9 Å². The normalized spacial score (nSPS) is 20.6. The SMILES string of the molecule is CCN1CN(c2ccccc2)C2(CCN(CCN3COc4ccccc4C3=O)CC2)C1=O. The van der Waals surface area contributed by atoms with Crippen LogP contribution in [0.4, 0.5) is 5.69 Å². The zero-order valence-corrected chi connectivity index (χ0v) is 18.6. The number of ether oxygens (including phenoxy) is 1. The molecule has 2 saturated heterocycles. The van der Waals surface area contributed by atoms with Crippen molar-refractivity contribution in [1.82, 2.24) is 14.7 Å². The number of carbonyl (C=O) groups excluding carboxylic acids is 2. The molecule has 5 rings (SSSR count). The fourth-order valence-electron chi connectivity index (χ4n) is 5.16. The number of fused-ring (bicyclic) bond motifs is 1. The van der Waals surface area contributed by atoms with Crippen molar-refractivity contribution in [2.24, 2.45) is 0 Å². The summed E-state index contributed by atoms with van der Waals surface area (Å²) < 4.78 is 5.75. The number of nitrogens with zero attached hydrogens (tertiary/aromatic N) is 4. The van der Waals surface area contributed by atoms with E-state index in [0.29, 0.717) is 31.3 Å². The van der Waals surface area contributed by atoms with Crippen molar-refractivity contribution in [3.63, 3.8) is 0 Å². The van der Waals surface area contributed by atoms with Crippen molar-refractivity contribution in [1.29, 1.82) is 0 Å². The van der Waals surface area contributed by atoms with E-state index >= 15 is 0 Å². The zero-order valence-electron chi connectivity index (χ0n) is 18.6. The number of benzene rings is 2. The molecule has 2 amide bonds. The third kappa shape index (κ3) is 3.50. The lowest BCUT2D eigenvalue weighted by atomic mass is 9.85. The van der Waals surface area contributed by atoms with Crippen LogP contribution in [0.2, 0.25) is 0 Å². The van der Waals surface area contributed by atoms with Crippen LogP contribution >= 0.6 is 0 Å². The maximum absolute atomic E-state index is 13.4. The lowest BCUT2D eigenvalue weighted by molar-refractivity contribution is -0.133. The molecule has 0 aromatic heterocycles. The second-order valence-corrected chi connectivity index (χ2v) is 8.78. The summed E-state index contributed by atoms with van der Waals surface area (Å²) in [4.78, 5) is 34.5. The minimum Gasteiger partial charge on any atom is -0.472 e. The molecule has 7 heteroatoms. The highest BCUT2D eigenvalue weighted by Crippen LogP contribution is 2.39. The standard InChI is InChI=1S/C25H30N4O3/c1-2-27-18-29(20-8-4-3-5-9-20)25(24(27)31)12-14-26(15-13-25)16-17-28-19-32-22-11-7-6-10-21(22)23(28)30/h3-11H,2,12-19H2,1H3. The molecule has 3 aliphatic heterocycles. The van der Waals surface area contributed by atoms with E-state index in [1.54, 1.807) is 4.90 Å². The van der Waals surface area contributed by atoms with Crippen LogP contribution in [0.15, 0.2) is 54.6 Å².